The zero-order chi connectivity index (χ0) is 22.3. The summed E-state index contributed by atoms with van der Waals surface area (Å²) in [7, 11) is 0. The van der Waals surface area contributed by atoms with Gasteiger partial charge in [0.1, 0.15) is 0 Å². The molecule has 3 aromatic rings. The molecule has 8 heteroatoms. The van der Waals surface area contributed by atoms with E-state index in [0.29, 0.717) is 38.1 Å². The van der Waals surface area contributed by atoms with Gasteiger partial charge in [0.2, 0.25) is 11.8 Å². The van der Waals surface area contributed by atoms with Crippen molar-refractivity contribution >= 4 is 5.91 Å². The molecule has 2 fully saturated rings. The number of aromatic nitrogens is 2. The summed E-state index contributed by atoms with van der Waals surface area (Å²) in [5.41, 5.74) is 1.83. The van der Waals surface area contributed by atoms with Crippen molar-refractivity contribution in [2.24, 2.45) is 5.41 Å². The predicted octanol–water partition coefficient (Wildman–Crippen LogP) is 4.36. The summed E-state index contributed by atoms with van der Waals surface area (Å²) >= 11 is 0. The van der Waals surface area contributed by atoms with Crippen LogP contribution in [-0.2, 0) is 4.74 Å². The number of likely N-dealkylation sites (tertiary alicyclic amines) is 1. The third-order valence-corrected chi connectivity index (χ3v) is 6.63. The van der Waals surface area contributed by atoms with E-state index in [1.165, 1.54) is 6.07 Å². The Hall–Kier alpha value is -3.13. The van der Waals surface area contributed by atoms with Crippen molar-refractivity contribution in [2.45, 2.75) is 25.7 Å². The van der Waals surface area contributed by atoms with Gasteiger partial charge < -0.3 is 14.1 Å². The number of benzene rings is 2. The first kappa shape index (κ1) is 20.8. The molecular weight excluding hydrogens is 416 g/mol. The largest absolute Gasteiger partial charge is 0.420 e. The zero-order valence-corrected chi connectivity index (χ0v) is 17.7. The number of carbonyl (C=O) groups is 1. The van der Waals surface area contributed by atoms with Crippen molar-refractivity contribution in [3.8, 4) is 11.5 Å². The van der Waals surface area contributed by atoms with Crippen molar-refractivity contribution in [1.82, 2.24) is 15.1 Å². The molecular formula is C24H23F2N3O3. The van der Waals surface area contributed by atoms with E-state index in [4.69, 9.17) is 9.15 Å². The number of ether oxygens (including phenoxy) is 1. The van der Waals surface area contributed by atoms with Crippen LogP contribution in [0.3, 0.4) is 0 Å². The van der Waals surface area contributed by atoms with Crippen molar-refractivity contribution in [2.75, 3.05) is 26.3 Å². The minimum atomic E-state index is -1.04. The number of hydrogen-bond acceptors (Lipinski definition) is 5. The van der Waals surface area contributed by atoms with Crippen LogP contribution >= 0.6 is 0 Å². The highest BCUT2D eigenvalue weighted by Gasteiger charge is 2.51. The summed E-state index contributed by atoms with van der Waals surface area (Å²) in [4.78, 5) is 14.8. The van der Waals surface area contributed by atoms with Crippen LogP contribution in [0.25, 0.3) is 11.5 Å². The number of amides is 1. The molecule has 2 aromatic carbocycles. The van der Waals surface area contributed by atoms with E-state index >= 15 is 0 Å². The molecule has 1 spiro atoms. The minimum absolute atomic E-state index is 0.123. The second-order valence-electron chi connectivity index (χ2n) is 8.65. The van der Waals surface area contributed by atoms with Gasteiger partial charge in [-0.15, -0.1) is 10.2 Å². The molecule has 1 atom stereocenters. The highest BCUT2D eigenvalue weighted by atomic mass is 19.2. The fourth-order valence-corrected chi connectivity index (χ4v) is 4.75. The first-order valence-corrected chi connectivity index (χ1v) is 10.7. The van der Waals surface area contributed by atoms with Gasteiger partial charge in [0.25, 0.3) is 5.91 Å². The fourth-order valence-electron chi connectivity index (χ4n) is 4.75. The first-order valence-electron chi connectivity index (χ1n) is 10.7. The number of nitrogens with zero attached hydrogens (tertiary/aromatic N) is 3. The van der Waals surface area contributed by atoms with Gasteiger partial charge in [-0.05, 0) is 50.1 Å². The Morgan fingerprint density at radius 3 is 2.53 bits per heavy atom. The normalized spacial score (nSPS) is 20.1. The van der Waals surface area contributed by atoms with Gasteiger partial charge >= 0.3 is 0 Å². The maximum Gasteiger partial charge on any atom is 0.254 e. The third kappa shape index (κ3) is 3.68. The summed E-state index contributed by atoms with van der Waals surface area (Å²) in [6, 6.07) is 11.1. The molecule has 0 bridgehead atoms. The fraction of sp³-hybridized carbons (Fsp3) is 0.375. The Morgan fingerprint density at radius 2 is 1.81 bits per heavy atom. The van der Waals surface area contributed by atoms with Gasteiger partial charge in [-0.25, -0.2) is 8.78 Å². The predicted molar refractivity (Wildman–Crippen MR) is 112 cm³/mol. The van der Waals surface area contributed by atoms with E-state index in [1.807, 2.05) is 31.2 Å². The monoisotopic (exact) mass is 439 g/mol. The molecule has 6 nitrogen and oxygen atoms in total. The van der Waals surface area contributed by atoms with Crippen LogP contribution in [0.4, 0.5) is 8.78 Å². The molecule has 3 heterocycles. The Kier molecular flexibility index (Phi) is 5.25. The van der Waals surface area contributed by atoms with Gasteiger partial charge in [-0.2, -0.15) is 0 Å². The lowest BCUT2D eigenvalue weighted by atomic mass is 9.72. The highest BCUT2D eigenvalue weighted by molar-refractivity contribution is 5.94. The lowest BCUT2D eigenvalue weighted by molar-refractivity contribution is 0.00908. The molecule has 2 aliphatic heterocycles. The maximum absolute atomic E-state index is 13.7. The van der Waals surface area contributed by atoms with E-state index in [2.05, 4.69) is 10.2 Å². The van der Waals surface area contributed by atoms with Gasteiger partial charge in [0.15, 0.2) is 11.6 Å². The first-order chi connectivity index (χ1) is 15.4. The highest BCUT2D eigenvalue weighted by Crippen LogP contribution is 2.49. The van der Waals surface area contributed by atoms with Crippen molar-refractivity contribution in [3.05, 3.63) is 71.1 Å². The standard InChI is InChI=1S/C24H23F2N3O3/c1-15-2-4-16(5-3-15)21-27-28-22(32-21)18-13-29(14-24(18)8-10-31-11-9-24)23(30)17-6-7-19(25)20(26)12-17/h2-7,12,18H,8-11,13-14H2,1H3. The Labute approximate surface area is 184 Å². The number of hydrogen-bond donors (Lipinski definition) is 0. The Balaban J connectivity index is 1.45. The van der Waals surface area contributed by atoms with Crippen LogP contribution in [0.1, 0.15) is 40.6 Å². The molecule has 0 saturated carbocycles. The quantitative estimate of drug-likeness (QED) is 0.607. The van der Waals surface area contributed by atoms with Crippen LogP contribution in [0.2, 0.25) is 0 Å². The van der Waals surface area contributed by atoms with Gasteiger partial charge in [0, 0.05) is 42.8 Å². The Bertz CT molecular complexity index is 1140. The van der Waals surface area contributed by atoms with Gasteiger partial charge in [-0.1, -0.05) is 17.7 Å². The SMILES string of the molecule is Cc1ccc(-c2nnc(C3CN(C(=O)c4ccc(F)c(F)c4)CC34CCOCC4)o2)cc1. The summed E-state index contributed by atoms with van der Waals surface area (Å²) < 4.78 is 38.7. The molecule has 32 heavy (non-hydrogen) atoms. The second-order valence-corrected chi connectivity index (χ2v) is 8.65. The molecule has 0 radical (unpaired) electrons. The molecule has 1 unspecified atom stereocenters. The summed E-state index contributed by atoms with van der Waals surface area (Å²) in [6.07, 6.45) is 1.50. The second kappa shape index (κ2) is 8.09. The molecule has 0 N–H and O–H groups in total. The van der Waals surface area contributed by atoms with Crippen LogP contribution in [0.5, 0.6) is 0 Å². The smallest absolute Gasteiger partial charge is 0.254 e. The molecule has 0 aliphatic carbocycles. The Morgan fingerprint density at radius 1 is 1.06 bits per heavy atom. The van der Waals surface area contributed by atoms with Gasteiger partial charge in [0.05, 0.1) is 5.92 Å². The lowest BCUT2D eigenvalue weighted by Crippen LogP contribution is -2.37. The number of aryl methyl sites for hydroxylation is 1. The molecule has 2 saturated heterocycles. The van der Waals surface area contributed by atoms with Crippen molar-refractivity contribution < 1.29 is 22.7 Å². The molecule has 1 amide bonds. The molecule has 1 aromatic heterocycles. The van der Waals surface area contributed by atoms with E-state index < -0.39 is 11.6 Å². The molecule has 166 valence electrons. The summed E-state index contributed by atoms with van der Waals surface area (Å²) in [6.45, 7) is 4.02. The summed E-state index contributed by atoms with van der Waals surface area (Å²) in [5, 5.41) is 8.58. The van der Waals surface area contributed by atoms with E-state index in [1.54, 1.807) is 4.90 Å². The van der Waals surface area contributed by atoms with E-state index in [0.717, 1.165) is 36.1 Å². The van der Waals surface area contributed by atoms with Crippen LogP contribution < -0.4 is 0 Å². The number of halogens is 2. The molecule has 5 rings (SSSR count). The van der Waals surface area contributed by atoms with Crippen LogP contribution in [0.15, 0.2) is 46.9 Å². The van der Waals surface area contributed by atoms with E-state index in [-0.39, 0.29) is 22.8 Å². The topological polar surface area (TPSA) is 68.5 Å². The van der Waals surface area contributed by atoms with Crippen molar-refractivity contribution in [3.63, 3.8) is 0 Å². The van der Waals surface area contributed by atoms with Crippen LogP contribution in [0, 0.1) is 24.0 Å². The van der Waals surface area contributed by atoms with Crippen LogP contribution in [-0.4, -0.2) is 47.3 Å². The average Bonchev–Trinajstić information content (AvgIpc) is 3.42. The minimum Gasteiger partial charge on any atom is -0.420 e. The zero-order valence-electron chi connectivity index (χ0n) is 17.7. The average molecular weight is 439 g/mol. The van der Waals surface area contributed by atoms with E-state index in [9.17, 15) is 13.6 Å². The third-order valence-electron chi connectivity index (χ3n) is 6.63. The van der Waals surface area contributed by atoms with Gasteiger partial charge in [-0.3, -0.25) is 4.79 Å². The summed E-state index contributed by atoms with van der Waals surface area (Å²) in [5.74, 6) is -1.58. The molecule has 2 aliphatic rings. The number of carbonyl (C=O) groups excluding carboxylic acids is 1. The maximum atomic E-state index is 13.7. The lowest BCUT2D eigenvalue weighted by Gasteiger charge is -2.36. The number of rotatable bonds is 3. The van der Waals surface area contributed by atoms with Crippen molar-refractivity contribution in [1.29, 1.82) is 0 Å².